The molecule has 0 spiro atoms. The van der Waals surface area contributed by atoms with E-state index < -0.39 is 0 Å². The number of carbonyl (C=O) groups is 2. The van der Waals surface area contributed by atoms with Crippen LogP contribution < -0.4 is 0 Å². The van der Waals surface area contributed by atoms with E-state index in [0.29, 0.717) is 12.8 Å². The highest BCUT2D eigenvalue weighted by molar-refractivity contribution is 6.07. The van der Waals surface area contributed by atoms with Gasteiger partial charge >= 0.3 is 11.9 Å². The number of H-pyrrole nitrogens is 4. The third-order valence-corrected chi connectivity index (χ3v) is 32.9. The zero-order chi connectivity index (χ0) is 105. The summed E-state index contributed by atoms with van der Waals surface area (Å²) in [6.07, 6.45) is 52.0. The fourth-order valence-corrected chi connectivity index (χ4v) is 23.9. The lowest BCUT2D eigenvalue weighted by Gasteiger charge is -2.11. The summed E-state index contributed by atoms with van der Waals surface area (Å²) in [5.41, 5.74) is 49.0. The summed E-state index contributed by atoms with van der Waals surface area (Å²) in [4.78, 5) is 69.4. The van der Waals surface area contributed by atoms with Crippen LogP contribution in [0, 0.1) is 51.4 Å². The zero-order valence-electron chi connectivity index (χ0n) is 94.7. The quantitative estimate of drug-likeness (QED) is 0.0167. The van der Waals surface area contributed by atoms with Gasteiger partial charge in [0.15, 0.2) is 0 Å². The maximum atomic E-state index is 14.0. The van der Waals surface area contributed by atoms with Crippen molar-refractivity contribution in [1.29, 1.82) is 0 Å². The number of ether oxygens (including phenoxy) is 2. The van der Waals surface area contributed by atoms with E-state index in [1.807, 2.05) is 0 Å². The highest BCUT2D eigenvalue weighted by Gasteiger charge is 2.32. The van der Waals surface area contributed by atoms with Gasteiger partial charge in [-0.1, -0.05) is 321 Å². The molecule has 0 fully saturated rings. The second kappa shape index (κ2) is 56.5. The molecule has 0 amide bonds. The fraction of sp³-hybridized carbons (Fsp3) is 0.493. The number of esters is 2. The van der Waals surface area contributed by atoms with Crippen molar-refractivity contribution in [2.24, 2.45) is 0 Å². The van der Waals surface area contributed by atoms with Crippen LogP contribution in [0.4, 0.5) is 0 Å². The van der Waals surface area contributed by atoms with E-state index >= 15 is 0 Å². The Hall–Kier alpha value is -11.9. The molecule has 10 aromatic rings. The normalized spacial score (nSPS) is 14.1. The summed E-state index contributed by atoms with van der Waals surface area (Å²) in [5.74, 6) is 13.9. The largest absolute Gasteiger partial charge is 0.461 e. The zero-order valence-corrected chi connectivity index (χ0v) is 94.7. The molecule has 0 aliphatic carbocycles. The third kappa shape index (κ3) is 28.0. The number of carbonyl (C=O) groups excluding carboxylic acids is 2. The summed E-state index contributed by atoms with van der Waals surface area (Å²) in [5, 5.41) is 0. The van der Waals surface area contributed by atoms with Gasteiger partial charge in [-0.05, 0) is 366 Å². The van der Waals surface area contributed by atoms with Gasteiger partial charge in [-0.25, -0.2) is 19.9 Å². The monoisotopic (exact) mass is 2010 g/mol. The molecule has 0 unspecified atom stereocenters. The highest BCUT2D eigenvalue weighted by atomic mass is 16.5. The Morgan fingerprint density at radius 3 is 0.753 bits per heavy atom. The van der Waals surface area contributed by atoms with Gasteiger partial charge in [0.25, 0.3) is 0 Å². The second-order valence-electron chi connectivity index (χ2n) is 44.1. The van der Waals surface area contributed by atoms with Gasteiger partial charge in [0, 0.05) is 68.3 Å². The van der Waals surface area contributed by atoms with Gasteiger partial charge in [0.1, 0.15) is 13.2 Å². The summed E-state index contributed by atoms with van der Waals surface area (Å²) < 4.78 is 12.5. The Balaban J connectivity index is 0.970. The minimum atomic E-state index is -0.169. The van der Waals surface area contributed by atoms with Crippen LogP contribution in [0.2, 0.25) is 0 Å². The van der Waals surface area contributed by atoms with Crippen LogP contribution in [-0.2, 0) is 58.0 Å². The van der Waals surface area contributed by atoms with Crippen LogP contribution >= 0.6 is 0 Å². The van der Waals surface area contributed by atoms with E-state index in [9.17, 15) is 9.59 Å². The lowest BCUT2D eigenvalue weighted by Crippen LogP contribution is -2.04. The van der Waals surface area contributed by atoms with Crippen LogP contribution in [-0.4, -0.2) is 51.8 Å². The Bertz CT molecular complexity index is 6630. The Labute approximate surface area is 900 Å². The molecular weight excluding hydrogens is 1830 g/mol. The van der Waals surface area contributed by atoms with Gasteiger partial charge in [-0.2, -0.15) is 0 Å². The SMILES string of the molecule is CCCCCCC1=C(C)c2nc1cc1[nH]c(c(C)c1CCCCCC)c1c3nc(cc4[nH]c(c(C)c4CCCCCC)c2-c2cccc(c2)COC(=O)CCCCCCCCCCC(=O)OCc2cccc(c2)-c2c4nc(cc5[nH]c(c(C)c5CCCCCC)c(c5nc(cc6[nH]c2c(C)c6CCCCCC)C(CCCCCC)=C5C)-c2cccc(c2)C#CC#Cc2cccc-1c2)C(CCCCCC)=C4C)C(CCCCCC)=C3C. The minimum absolute atomic E-state index is 0.169. The summed E-state index contributed by atoms with van der Waals surface area (Å²) in [6.45, 7) is 37.6. The molecule has 0 saturated heterocycles. The van der Waals surface area contributed by atoms with Crippen molar-refractivity contribution in [3.63, 3.8) is 0 Å². The van der Waals surface area contributed by atoms with Gasteiger partial charge in [0.05, 0.1) is 67.6 Å². The second-order valence-corrected chi connectivity index (χ2v) is 44.1. The van der Waals surface area contributed by atoms with Crippen molar-refractivity contribution in [2.45, 2.75) is 445 Å². The van der Waals surface area contributed by atoms with E-state index in [1.54, 1.807) is 0 Å². The number of nitrogens with zero attached hydrogens (tertiary/aromatic N) is 4. The van der Waals surface area contributed by atoms with Crippen molar-refractivity contribution in [3.05, 3.63) is 234 Å². The fourth-order valence-electron chi connectivity index (χ4n) is 23.9. The molecule has 4 aromatic carbocycles. The molecule has 8 aliphatic rings. The maximum Gasteiger partial charge on any atom is 0.306 e. The van der Waals surface area contributed by atoms with Crippen molar-refractivity contribution >= 4 is 101 Å². The molecule has 0 saturated carbocycles. The van der Waals surface area contributed by atoms with Crippen LogP contribution in [0.3, 0.4) is 0 Å². The first-order valence-electron chi connectivity index (χ1n) is 59.4. The average Bonchev–Trinajstić information content (AvgIpc) is 1.59. The highest BCUT2D eigenvalue weighted by Crippen LogP contribution is 2.50. The molecule has 28 bridgehead atoms. The summed E-state index contributed by atoms with van der Waals surface area (Å²) in [7, 11) is 0. The molecule has 0 atom stereocenters. The van der Waals surface area contributed by atoms with E-state index in [-0.39, 0.29) is 25.2 Å². The Morgan fingerprint density at radius 2 is 0.500 bits per heavy atom. The van der Waals surface area contributed by atoms with Gasteiger partial charge < -0.3 is 29.4 Å². The number of hydrogen-bond donors (Lipinski definition) is 4. The predicted octanol–water partition coefficient (Wildman–Crippen LogP) is 39.3. The first-order valence-corrected chi connectivity index (χ1v) is 59.4. The molecule has 14 heterocycles. The predicted molar refractivity (Wildman–Crippen MR) is 639 cm³/mol. The molecule has 0 radical (unpaired) electrons. The summed E-state index contributed by atoms with van der Waals surface area (Å²) in [6, 6.07) is 45.1. The number of benzene rings is 4. The summed E-state index contributed by atoms with van der Waals surface area (Å²) >= 11 is 0. The molecule has 150 heavy (non-hydrogen) atoms. The Kier molecular flexibility index (Phi) is 42.3. The molecule has 6 aromatic heterocycles. The molecule has 4 N–H and O–H groups in total. The minimum Gasteiger partial charge on any atom is -0.461 e. The van der Waals surface area contributed by atoms with Crippen LogP contribution in [0.5, 0.6) is 0 Å². The molecule has 12 heteroatoms. The lowest BCUT2D eigenvalue weighted by molar-refractivity contribution is -0.146. The number of unbranched alkanes of at least 4 members (excludes halogenated alkanes) is 24. The lowest BCUT2D eigenvalue weighted by atomic mass is 9.93. The van der Waals surface area contributed by atoms with E-state index in [0.717, 1.165) is 413 Å². The van der Waals surface area contributed by atoms with Gasteiger partial charge in [-0.15, -0.1) is 0 Å². The van der Waals surface area contributed by atoms with Crippen molar-refractivity contribution in [1.82, 2.24) is 39.9 Å². The van der Waals surface area contributed by atoms with Crippen LogP contribution in [0.15, 0.2) is 121 Å². The number of nitrogens with one attached hydrogen (secondary N) is 4. The number of aromatic amines is 4. The molecule has 12 nitrogen and oxygen atoms in total. The van der Waals surface area contributed by atoms with Gasteiger partial charge in [-0.3, -0.25) is 9.59 Å². The maximum absolute atomic E-state index is 14.0. The standard InChI is InChI=1S/C138H176N8O4/c1-17-25-33-47-73-109-93(9)131-127-105-69-59-65-101(83-105)63-57-58-64-102-66-60-70-106(84-102)128-133-95(11)111(75-49-35-27-19-3)119(141-133)89-123-115(79-53-39-31-23-7)99(15)137(145-123)130(138-100(16)116(80-54-40-32-24-8)124(146-138)90-120-112(76-50-36-28-20-4)96(12)134(128)142-120)108-72-62-68-104(86-108)92-150-126(148)82-56-46-44-42-41-43-45-55-81-125(147)149-91-103-67-61-71-107(85-103)129(135-97(13)113(77-51-37-29-21-5)121(143-135)87-117(109)139-131)136-98(14)114(78-52-38-30-22-6)122(144-136)88-118-110(74-48-34-26-18-2)94(10)132(127)140-118/h59-62,65-72,83-90,139,141,144,146H,17-56,73-82,91-92H2,1-16H3. The topological polar surface area (TPSA) is 167 Å². The third-order valence-electron chi connectivity index (χ3n) is 32.9. The Morgan fingerprint density at radius 1 is 0.267 bits per heavy atom. The number of hydrogen-bond acceptors (Lipinski definition) is 8. The van der Waals surface area contributed by atoms with Crippen molar-refractivity contribution in [2.75, 3.05) is 0 Å². The number of aromatic nitrogens is 8. The smallest absolute Gasteiger partial charge is 0.306 e. The number of allylic oxidation sites excluding steroid dienone is 8. The first-order chi connectivity index (χ1) is 73.3. The molecule has 8 aliphatic heterocycles. The van der Waals surface area contributed by atoms with E-state index in [4.69, 9.17) is 29.4 Å². The first kappa shape index (κ1) is 112. The number of aryl methyl sites for hydroxylation is 8. The van der Waals surface area contributed by atoms with Crippen molar-refractivity contribution in [3.8, 4) is 68.2 Å². The average molecular weight is 2010 g/mol. The van der Waals surface area contributed by atoms with E-state index in [1.165, 1.54) is 140 Å². The molecular formula is C138H176N8O4. The van der Waals surface area contributed by atoms with Crippen molar-refractivity contribution < 1.29 is 19.1 Å². The molecule has 792 valence electrons. The van der Waals surface area contributed by atoms with E-state index in [2.05, 4.69) is 276 Å². The number of rotatable bonds is 40. The van der Waals surface area contributed by atoms with Crippen LogP contribution in [0.1, 0.15) is 491 Å². The molecule has 18 rings (SSSR count). The van der Waals surface area contributed by atoms with Crippen LogP contribution in [0.25, 0.3) is 133 Å². The van der Waals surface area contributed by atoms with Gasteiger partial charge in [0.2, 0.25) is 0 Å².